The second-order valence-electron chi connectivity index (χ2n) is 13.8. The van der Waals surface area contributed by atoms with Crippen molar-refractivity contribution in [2.45, 2.75) is 39.5 Å². The van der Waals surface area contributed by atoms with Crippen molar-refractivity contribution in [1.82, 2.24) is 9.97 Å². The fourth-order valence-electron chi connectivity index (χ4n) is 7.41. The molecule has 51 heavy (non-hydrogen) atoms. The molecule has 0 saturated carbocycles. The minimum atomic E-state index is 0.265. The lowest BCUT2D eigenvalue weighted by Gasteiger charge is -2.31. The molecule has 248 valence electrons. The van der Waals surface area contributed by atoms with Crippen molar-refractivity contribution in [1.29, 1.82) is 0 Å². The number of nitrogens with zero attached hydrogens (tertiary/aromatic N) is 3. The lowest BCUT2D eigenvalue weighted by Crippen LogP contribution is -2.18. The number of benzene rings is 5. The molecule has 0 radical (unpaired) electrons. The van der Waals surface area contributed by atoms with Crippen LogP contribution in [0.2, 0.25) is 0 Å². The Labute approximate surface area is 296 Å². The van der Waals surface area contributed by atoms with Crippen molar-refractivity contribution in [3.05, 3.63) is 151 Å². The number of furan rings is 2. The summed E-state index contributed by atoms with van der Waals surface area (Å²) in [7, 11) is 0. The van der Waals surface area contributed by atoms with Gasteiger partial charge in [0.25, 0.3) is 0 Å². The van der Waals surface area contributed by atoms with E-state index in [4.69, 9.17) is 18.8 Å². The Hall–Kier alpha value is -6.20. The van der Waals surface area contributed by atoms with E-state index in [0.29, 0.717) is 0 Å². The van der Waals surface area contributed by atoms with Crippen LogP contribution in [0.25, 0.3) is 66.4 Å². The van der Waals surface area contributed by atoms with Gasteiger partial charge >= 0.3 is 0 Å². The monoisotopic (exact) mass is 663 g/mol. The van der Waals surface area contributed by atoms with Gasteiger partial charge in [0.2, 0.25) is 0 Å². The Kier molecular flexibility index (Phi) is 7.43. The van der Waals surface area contributed by atoms with Crippen molar-refractivity contribution in [2.75, 3.05) is 4.90 Å². The third-order valence-corrected chi connectivity index (χ3v) is 9.85. The van der Waals surface area contributed by atoms with Crippen molar-refractivity contribution in [3.8, 4) is 22.5 Å². The molecule has 5 heteroatoms. The van der Waals surface area contributed by atoms with Crippen LogP contribution in [-0.2, 0) is 0 Å². The highest BCUT2D eigenvalue weighted by Crippen LogP contribution is 2.44. The highest BCUT2D eigenvalue weighted by molar-refractivity contribution is 6.10. The molecule has 9 aromatic rings. The van der Waals surface area contributed by atoms with E-state index in [-0.39, 0.29) is 11.8 Å². The average Bonchev–Trinajstić information content (AvgIpc) is 3.74. The number of aromatic nitrogens is 2. The maximum absolute atomic E-state index is 6.46. The molecule has 0 aliphatic carbocycles. The molecule has 0 unspecified atom stereocenters. The molecule has 0 fully saturated rings. The van der Waals surface area contributed by atoms with Crippen LogP contribution in [0.5, 0.6) is 0 Å². The largest absolute Gasteiger partial charge is 0.455 e. The Bertz CT molecular complexity index is 2550. The van der Waals surface area contributed by atoms with Crippen molar-refractivity contribution in [2.24, 2.45) is 0 Å². The topological polar surface area (TPSA) is 55.3 Å². The SMILES string of the molecule is CC(C)c1cccc(C(C)C)c1N(c1cccc(-c2cccc3c2oc2ccccc23)n1)c1cccc(-c2cccc3c2oc2ccccc23)n1. The van der Waals surface area contributed by atoms with E-state index >= 15 is 0 Å². The fourth-order valence-corrected chi connectivity index (χ4v) is 7.41. The number of para-hydroxylation sites is 5. The Balaban J connectivity index is 1.27. The van der Waals surface area contributed by atoms with Gasteiger partial charge in [-0.3, -0.25) is 4.90 Å². The highest BCUT2D eigenvalue weighted by atomic mass is 16.3. The van der Waals surface area contributed by atoms with E-state index in [9.17, 15) is 0 Å². The van der Waals surface area contributed by atoms with Gasteiger partial charge in [0.1, 0.15) is 34.0 Å². The molecule has 0 aliphatic heterocycles. The van der Waals surface area contributed by atoms with E-state index < -0.39 is 0 Å². The number of anilines is 3. The summed E-state index contributed by atoms with van der Waals surface area (Å²) in [6, 6.07) is 48.1. The maximum atomic E-state index is 6.46. The van der Waals surface area contributed by atoms with Crippen LogP contribution in [0.3, 0.4) is 0 Å². The van der Waals surface area contributed by atoms with Crippen LogP contribution in [0.15, 0.2) is 148 Å². The second kappa shape index (κ2) is 12.3. The quantitative estimate of drug-likeness (QED) is 0.170. The first-order valence-electron chi connectivity index (χ1n) is 17.6. The van der Waals surface area contributed by atoms with Crippen LogP contribution in [-0.4, -0.2) is 9.97 Å². The predicted molar refractivity (Wildman–Crippen MR) is 210 cm³/mol. The van der Waals surface area contributed by atoms with Gasteiger partial charge in [-0.05, 0) is 71.5 Å². The van der Waals surface area contributed by atoms with Gasteiger partial charge in [-0.15, -0.1) is 0 Å². The fraction of sp³-hybridized carbons (Fsp3) is 0.130. The molecule has 4 aromatic heterocycles. The number of pyridine rings is 2. The molecular formula is C46H37N3O2. The molecule has 5 aromatic carbocycles. The minimum absolute atomic E-state index is 0.265. The molecule has 0 spiro atoms. The third-order valence-electron chi connectivity index (χ3n) is 9.85. The number of rotatable bonds is 7. The summed E-state index contributed by atoms with van der Waals surface area (Å²) in [5.41, 5.74) is 10.5. The van der Waals surface area contributed by atoms with Crippen molar-refractivity contribution >= 4 is 61.2 Å². The summed E-state index contributed by atoms with van der Waals surface area (Å²) < 4.78 is 12.9. The van der Waals surface area contributed by atoms with Crippen LogP contribution in [0, 0.1) is 0 Å². The lowest BCUT2D eigenvalue weighted by molar-refractivity contribution is 0.669. The van der Waals surface area contributed by atoms with Crippen molar-refractivity contribution < 1.29 is 8.83 Å². The zero-order valence-electron chi connectivity index (χ0n) is 29.1. The summed E-state index contributed by atoms with van der Waals surface area (Å²) in [5.74, 6) is 2.09. The van der Waals surface area contributed by atoms with Gasteiger partial charge in [0.15, 0.2) is 0 Å². The van der Waals surface area contributed by atoms with Gasteiger partial charge in [-0.2, -0.15) is 0 Å². The zero-order valence-corrected chi connectivity index (χ0v) is 29.1. The molecule has 0 atom stereocenters. The van der Waals surface area contributed by atoms with Gasteiger partial charge in [0, 0.05) is 32.7 Å². The summed E-state index contributed by atoms with van der Waals surface area (Å²) in [6.45, 7) is 9.00. The molecule has 0 saturated heterocycles. The minimum Gasteiger partial charge on any atom is -0.455 e. The lowest BCUT2D eigenvalue weighted by atomic mass is 9.91. The molecule has 0 bridgehead atoms. The Morgan fingerprint density at radius 1 is 0.431 bits per heavy atom. The first kappa shape index (κ1) is 30.8. The summed E-state index contributed by atoms with van der Waals surface area (Å²) >= 11 is 0. The summed E-state index contributed by atoms with van der Waals surface area (Å²) in [5, 5.41) is 4.35. The molecule has 4 heterocycles. The number of hydrogen-bond donors (Lipinski definition) is 0. The molecular weight excluding hydrogens is 627 g/mol. The van der Waals surface area contributed by atoms with Crippen LogP contribution in [0.1, 0.15) is 50.7 Å². The zero-order chi connectivity index (χ0) is 34.6. The second-order valence-corrected chi connectivity index (χ2v) is 13.8. The number of hydrogen-bond acceptors (Lipinski definition) is 5. The van der Waals surface area contributed by atoms with Crippen LogP contribution in [0.4, 0.5) is 17.3 Å². The van der Waals surface area contributed by atoms with Gasteiger partial charge in [-0.25, -0.2) is 9.97 Å². The predicted octanol–water partition coefficient (Wildman–Crippen LogP) is 13.3. The molecule has 9 rings (SSSR count). The summed E-state index contributed by atoms with van der Waals surface area (Å²) in [6.07, 6.45) is 0. The first-order valence-corrected chi connectivity index (χ1v) is 17.6. The number of fused-ring (bicyclic) bond motifs is 6. The van der Waals surface area contributed by atoms with E-state index in [1.165, 1.54) is 11.1 Å². The highest BCUT2D eigenvalue weighted by Gasteiger charge is 2.26. The van der Waals surface area contributed by atoms with Crippen LogP contribution < -0.4 is 4.90 Å². The molecule has 0 aliphatic rings. The van der Waals surface area contributed by atoms with E-state index in [1.807, 2.05) is 24.3 Å². The van der Waals surface area contributed by atoms with Gasteiger partial charge < -0.3 is 8.83 Å². The molecule has 0 N–H and O–H groups in total. The van der Waals surface area contributed by atoms with Gasteiger partial charge in [0.05, 0.1) is 17.1 Å². The van der Waals surface area contributed by atoms with Crippen LogP contribution >= 0.6 is 0 Å². The van der Waals surface area contributed by atoms with E-state index in [1.54, 1.807) is 0 Å². The smallest absolute Gasteiger partial charge is 0.144 e. The standard InChI is InChI=1S/C46H37N3O2/c1-28(2)30-16-9-17-31(29(3)4)44(30)49(42-26-12-22-38(47-42)36-20-10-18-34-32-14-5-7-24-40(32)50-45(34)36)43-27-13-23-39(48-43)37-21-11-19-35-33-15-6-8-25-41(33)51-46(35)37/h5-29H,1-4H3. The average molecular weight is 664 g/mol. The van der Waals surface area contributed by atoms with Crippen molar-refractivity contribution in [3.63, 3.8) is 0 Å². The maximum Gasteiger partial charge on any atom is 0.144 e. The molecule has 5 nitrogen and oxygen atoms in total. The molecule has 0 amide bonds. The van der Waals surface area contributed by atoms with E-state index in [0.717, 1.165) is 83.7 Å². The first-order chi connectivity index (χ1) is 25.0. The van der Waals surface area contributed by atoms with Gasteiger partial charge in [-0.1, -0.05) is 119 Å². The Morgan fingerprint density at radius 2 is 0.843 bits per heavy atom. The van der Waals surface area contributed by atoms with E-state index in [2.05, 4.69) is 148 Å². The normalized spacial score (nSPS) is 11.9. The third kappa shape index (κ3) is 5.16. The summed E-state index contributed by atoms with van der Waals surface area (Å²) in [4.78, 5) is 13.1. The Morgan fingerprint density at radius 3 is 1.31 bits per heavy atom.